The largest absolute Gasteiger partial charge is 0.334 e. The maximum atomic E-state index is 5.38. The summed E-state index contributed by atoms with van der Waals surface area (Å²) in [6, 6.07) is 14.2. The lowest BCUT2D eigenvalue weighted by Crippen LogP contribution is -2.03. The standard InChI is InChI=1S/C18H16N4OS/c1-12-10-13(2)22(20-12)11-14-5-7-15(8-6-14)18-19-17(21-23-18)16-4-3-9-24-16/h3-10H,11H2,1-2H3. The van der Waals surface area contributed by atoms with E-state index < -0.39 is 0 Å². The molecule has 0 aliphatic carbocycles. The number of hydrogen-bond acceptors (Lipinski definition) is 5. The molecule has 120 valence electrons. The first-order chi connectivity index (χ1) is 11.7. The van der Waals surface area contributed by atoms with Gasteiger partial charge >= 0.3 is 0 Å². The molecule has 0 saturated heterocycles. The van der Waals surface area contributed by atoms with Crippen molar-refractivity contribution in [3.8, 4) is 22.2 Å². The Morgan fingerprint density at radius 2 is 1.96 bits per heavy atom. The third-order valence-electron chi connectivity index (χ3n) is 3.80. The van der Waals surface area contributed by atoms with Crippen molar-refractivity contribution < 1.29 is 4.52 Å². The molecular weight excluding hydrogens is 320 g/mol. The molecule has 3 aromatic heterocycles. The predicted octanol–water partition coefficient (Wildman–Crippen LogP) is 4.33. The maximum absolute atomic E-state index is 5.38. The van der Waals surface area contributed by atoms with Crippen LogP contribution in [-0.4, -0.2) is 19.9 Å². The molecule has 0 unspecified atom stereocenters. The highest BCUT2D eigenvalue weighted by atomic mass is 32.1. The summed E-state index contributed by atoms with van der Waals surface area (Å²) in [6.07, 6.45) is 0. The number of hydrogen-bond donors (Lipinski definition) is 0. The van der Waals surface area contributed by atoms with Crippen molar-refractivity contribution in [3.05, 3.63) is 64.8 Å². The first-order valence-electron chi connectivity index (χ1n) is 7.67. The summed E-state index contributed by atoms with van der Waals surface area (Å²) in [5, 5.41) is 10.5. The first kappa shape index (κ1) is 14.8. The van der Waals surface area contributed by atoms with Crippen molar-refractivity contribution >= 4 is 11.3 Å². The Balaban J connectivity index is 1.54. The molecule has 0 aliphatic rings. The zero-order chi connectivity index (χ0) is 16.5. The molecular formula is C18H16N4OS. The van der Waals surface area contributed by atoms with E-state index in [1.807, 2.05) is 41.3 Å². The smallest absolute Gasteiger partial charge is 0.258 e. The Morgan fingerprint density at radius 3 is 2.62 bits per heavy atom. The summed E-state index contributed by atoms with van der Waals surface area (Å²) in [7, 11) is 0. The lowest BCUT2D eigenvalue weighted by atomic mass is 10.1. The van der Waals surface area contributed by atoms with Gasteiger partial charge in [-0.05, 0) is 49.1 Å². The summed E-state index contributed by atoms with van der Waals surface area (Å²) in [5.41, 5.74) is 4.30. The van der Waals surface area contributed by atoms with Crippen LogP contribution in [0, 0.1) is 13.8 Å². The van der Waals surface area contributed by atoms with Gasteiger partial charge in [0.1, 0.15) is 0 Å². The van der Waals surface area contributed by atoms with Crippen LogP contribution in [-0.2, 0) is 6.54 Å². The van der Waals surface area contributed by atoms with E-state index in [0.29, 0.717) is 11.7 Å². The van der Waals surface area contributed by atoms with Gasteiger partial charge in [-0.1, -0.05) is 23.4 Å². The van der Waals surface area contributed by atoms with E-state index in [1.165, 1.54) is 5.56 Å². The average molecular weight is 336 g/mol. The molecule has 4 aromatic rings. The van der Waals surface area contributed by atoms with Crippen LogP contribution in [0.5, 0.6) is 0 Å². The summed E-state index contributed by atoms with van der Waals surface area (Å²) < 4.78 is 7.39. The fourth-order valence-electron chi connectivity index (χ4n) is 2.61. The van der Waals surface area contributed by atoms with Gasteiger partial charge < -0.3 is 4.52 Å². The average Bonchev–Trinajstić information content (AvgIpc) is 3.30. The van der Waals surface area contributed by atoms with Crippen LogP contribution >= 0.6 is 11.3 Å². The second-order valence-electron chi connectivity index (χ2n) is 5.68. The lowest BCUT2D eigenvalue weighted by Gasteiger charge is -2.05. The predicted molar refractivity (Wildman–Crippen MR) is 93.9 cm³/mol. The van der Waals surface area contributed by atoms with Gasteiger partial charge in [0.25, 0.3) is 5.89 Å². The van der Waals surface area contributed by atoms with Gasteiger partial charge in [0, 0.05) is 11.3 Å². The molecule has 0 fully saturated rings. The monoisotopic (exact) mass is 336 g/mol. The highest BCUT2D eigenvalue weighted by Crippen LogP contribution is 2.25. The van der Waals surface area contributed by atoms with Gasteiger partial charge in [-0.3, -0.25) is 4.68 Å². The van der Waals surface area contributed by atoms with Crippen LogP contribution in [0.3, 0.4) is 0 Å². The van der Waals surface area contributed by atoms with Crippen molar-refractivity contribution in [3.63, 3.8) is 0 Å². The molecule has 6 heteroatoms. The Bertz CT molecular complexity index is 952. The highest BCUT2D eigenvalue weighted by molar-refractivity contribution is 7.13. The Labute approximate surface area is 143 Å². The summed E-state index contributed by atoms with van der Waals surface area (Å²) in [6.45, 7) is 4.83. The van der Waals surface area contributed by atoms with Gasteiger partial charge in [-0.2, -0.15) is 10.1 Å². The number of benzene rings is 1. The molecule has 0 spiro atoms. The van der Waals surface area contributed by atoms with Crippen LogP contribution in [0.4, 0.5) is 0 Å². The van der Waals surface area contributed by atoms with Crippen molar-refractivity contribution in [2.75, 3.05) is 0 Å². The van der Waals surface area contributed by atoms with Crippen molar-refractivity contribution in [1.82, 2.24) is 19.9 Å². The highest BCUT2D eigenvalue weighted by Gasteiger charge is 2.11. The van der Waals surface area contributed by atoms with Gasteiger partial charge in [0.2, 0.25) is 5.82 Å². The quantitative estimate of drug-likeness (QED) is 0.557. The third kappa shape index (κ3) is 2.88. The first-order valence-corrected chi connectivity index (χ1v) is 8.55. The molecule has 0 atom stereocenters. The van der Waals surface area contributed by atoms with E-state index in [4.69, 9.17) is 4.52 Å². The van der Waals surface area contributed by atoms with E-state index in [2.05, 4.69) is 40.4 Å². The molecule has 4 rings (SSSR count). The minimum Gasteiger partial charge on any atom is -0.334 e. The molecule has 0 radical (unpaired) electrons. The van der Waals surface area contributed by atoms with Crippen molar-refractivity contribution in [2.24, 2.45) is 0 Å². The zero-order valence-electron chi connectivity index (χ0n) is 13.4. The second kappa shape index (κ2) is 6.05. The van der Waals surface area contributed by atoms with Crippen LogP contribution in [0.15, 0.2) is 52.4 Å². The van der Waals surface area contributed by atoms with Crippen molar-refractivity contribution in [1.29, 1.82) is 0 Å². The van der Waals surface area contributed by atoms with E-state index >= 15 is 0 Å². The van der Waals surface area contributed by atoms with E-state index in [9.17, 15) is 0 Å². The topological polar surface area (TPSA) is 56.7 Å². The van der Waals surface area contributed by atoms with Crippen LogP contribution in [0.2, 0.25) is 0 Å². The molecule has 3 heterocycles. The van der Waals surface area contributed by atoms with E-state index in [-0.39, 0.29) is 0 Å². The Morgan fingerprint density at radius 1 is 1.12 bits per heavy atom. The van der Waals surface area contributed by atoms with E-state index in [1.54, 1.807) is 11.3 Å². The van der Waals surface area contributed by atoms with Crippen LogP contribution in [0.1, 0.15) is 17.0 Å². The molecule has 0 N–H and O–H groups in total. The van der Waals surface area contributed by atoms with Crippen LogP contribution in [0.25, 0.3) is 22.2 Å². The fourth-order valence-corrected chi connectivity index (χ4v) is 3.26. The van der Waals surface area contributed by atoms with Gasteiger partial charge in [0.15, 0.2) is 0 Å². The summed E-state index contributed by atoms with van der Waals surface area (Å²) in [5.74, 6) is 1.17. The fraction of sp³-hybridized carbons (Fsp3) is 0.167. The van der Waals surface area contributed by atoms with Gasteiger partial charge in [-0.15, -0.1) is 11.3 Å². The Kier molecular flexibility index (Phi) is 3.74. The molecule has 0 saturated carbocycles. The maximum Gasteiger partial charge on any atom is 0.258 e. The summed E-state index contributed by atoms with van der Waals surface area (Å²) >= 11 is 1.60. The summed E-state index contributed by atoms with van der Waals surface area (Å²) in [4.78, 5) is 5.47. The normalized spacial score (nSPS) is 11.1. The molecule has 1 aromatic carbocycles. The minimum absolute atomic E-state index is 0.538. The zero-order valence-corrected chi connectivity index (χ0v) is 14.2. The number of aryl methyl sites for hydroxylation is 2. The number of rotatable bonds is 4. The minimum atomic E-state index is 0.538. The molecule has 0 aliphatic heterocycles. The number of thiophene rings is 1. The van der Waals surface area contributed by atoms with Crippen LogP contribution < -0.4 is 0 Å². The molecule has 24 heavy (non-hydrogen) atoms. The molecule has 5 nitrogen and oxygen atoms in total. The second-order valence-corrected chi connectivity index (χ2v) is 6.63. The third-order valence-corrected chi connectivity index (χ3v) is 4.67. The van der Waals surface area contributed by atoms with E-state index in [0.717, 1.165) is 28.4 Å². The van der Waals surface area contributed by atoms with Gasteiger partial charge in [0.05, 0.1) is 17.1 Å². The number of nitrogens with zero attached hydrogens (tertiary/aromatic N) is 4. The van der Waals surface area contributed by atoms with Gasteiger partial charge in [-0.25, -0.2) is 0 Å². The number of aromatic nitrogens is 4. The molecule has 0 bridgehead atoms. The van der Waals surface area contributed by atoms with Crippen molar-refractivity contribution in [2.45, 2.75) is 20.4 Å². The Hall–Kier alpha value is -2.73. The molecule has 0 amide bonds. The lowest BCUT2D eigenvalue weighted by molar-refractivity contribution is 0.432. The SMILES string of the molecule is Cc1cc(C)n(Cc2ccc(-c3nc(-c4cccs4)no3)cc2)n1.